The minimum Gasteiger partial charge on any atom is -0.383 e. The number of halogens is 1. The number of aromatic nitrogens is 1. The van der Waals surface area contributed by atoms with Crippen molar-refractivity contribution < 1.29 is 4.74 Å². The van der Waals surface area contributed by atoms with Crippen LogP contribution in [0.3, 0.4) is 0 Å². The molecular weight excluding hydrogens is 411 g/mol. The number of hydrogen-bond acceptors (Lipinski definition) is 4. The molecule has 0 bridgehead atoms. The smallest absolute Gasteiger partial charge is 0.191 e. The van der Waals surface area contributed by atoms with E-state index >= 15 is 0 Å². The molecule has 0 fully saturated rings. The zero-order valence-corrected chi connectivity index (χ0v) is 15.9. The summed E-state index contributed by atoms with van der Waals surface area (Å²) >= 11 is 1.65. The second-order valence-electron chi connectivity index (χ2n) is 4.36. The minimum absolute atomic E-state index is 0. The number of aliphatic imine (C=N–C) groups is 1. The Morgan fingerprint density at radius 3 is 2.73 bits per heavy atom. The van der Waals surface area contributed by atoms with Crippen LogP contribution < -0.4 is 10.6 Å². The van der Waals surface area contributed by atoms with Crippen LogP contribution >= 0.6 is 35.3 Å². The molecule has 0 aliphatic heterocycles. The zero-order chi connectivity index (χ0) is 14.9. The summed E-state index contributed by atoms with van der Waals surface area (Å²) in [4.78, 5) is 8.79. The molecule has 0 unspecified atom stereocenters. The van der Waals surface area contributed by atoms with Crippen LogP contribution in [0.25, 0.3) is 10.6 Å². The number of guanidine groups is 1. The fraction of sp³-hybridized carbons (Fsp3) is 0.333. The van der Waals surface area contributed by atoms with Crippen LogP contribution in [0, 0.1) is 0 Å². The highest BCUT2D eigenvalue weighted by molar-refractivity contribution is 14.0. The summed E-state index contributed by atoms with van der Waals surface area (Å²) in [7, 11) is 3.43. The lowest BCUT2D eigenvalue weighted by molar-refractivity contribution is 0.203. The van der Waals surface area contributed by atoms with E-state index in [0.717, 1.165) is 28.8 Å². The van der Waals surface area contributed by atoms with Crippen molar-refractivity contribution in [2.75, 3.05) is 27.3 Å². The van der Waals surface area contributed by atoms with Crippen molar-refractivity contribution in [2.24, 2.45) is 4.99 Å². The van der Waals surface area contributed by atoms with Gasteiger partial charge < -0.3 is 15.4 Å². The van der Waals surface area contributed by atoms with Crippen LogP contribution in [0.5, 0.6) is 0 Å². The van der Waals surface area contributed by atoms with Crippen LogP contribution in [0.15, 0.2) is 40.7 Å². The Morgan fingerprint density at radius 2 is 2.05 bits per heavy atom. The SMILES string of the molecule is CN=C(NCCOC)NCc1csc(-c2ccccc2)n1.I. The van der Waals surface area contributed by atoms with Crippen molar-refractivity contribution in [2.45, 2.75) is 6.54 Å². The lowest BCUT2D eigenvalue weighted by Gasteiger charge is -2.10. The van der Waals surface area contributed by atoms with E-state index < -0.39 is 0 Å². The maximum absolute atomic E-state index is 5.00. The van der Waals surface area contributed by atoms with Gasteiger partial charge in [-0.15, -0.1) is 35.3 Å². The topological polar surface area (TPSA) is 58.5 Å². The monoisotopic (exact) mass is 432 g/mol. The highest BCUT2D eigenvalue weighted by Crippen LogP contribution is 2.22. The van der Waals surface area contributed by atoms with Crippen molar-refractivity contribution in [1.29, 1.82) is 0 Å². The van der Waals surface area contributed by atoms with E-state index in [2.05, 4.69) is 38.1 Å². The van der Waals surface area contributed by atoms with E-state index in [1.807, 2.05) is 18.2 Å². The lowest BCUT2D eigenvalue weighted by atomic mass is 10.2. The Labute approximate surface area is 152 Å². The predicted molar refractivity (Wildman–Crippen MR) is 103 cm³/mol. The second kappa shape index (κ2) is 10.5. The third kappa shape index (κ3) is 5.90. The van der Waals surface area contributed by atoms with Gasteiger partial charge in [0.05, 0.1) is 18.8 Å². The molecule has 0 aliphatic rings. The van der Waals surface area contributed by atoms with Crippen molar-refractivity contribution in [3.8, 4) is 10.6 Å². The molecule has 0 saturated carbocycles. The first-order valence-corrected chi connectivity index (χ1v) is 7.64. The van der Waals surface area contributed by atoms with E-state index in [9.17, 15) is 0 Å². The average Bonchev–Trinajstić information content (AvgIpc) is 3.00. The largest absolute Gasteiger partial charge is 0.383 e. The van der Waals surface area contributed by atoms with Crippen molar-refractivity contribution in [1.82, 2.24) is 15.6 Å². The summed E-state index contributed by atoms with van der Waals surface area (Å²) in [6.45, 7) is 2.02. The fourth-order valence-electron chi connectivity index (χ4n) is 1.77. The highest BCUT2D eigenvalue weighted by Gasteiger charge is 2.05. The molecular formula is C15H21IN4OS. The van der Waals surface area contributed by atoms with Crippen molar-refractivity contribution in [3.63, 3.8) is 0 Å². The lowest BCUT2D eigenvalue weighted by Crippen LogP contribution is -2.38. The van der Waals surface area contributed by atoms with E-state index in [4.69, 9.17) is 4.74 Å². The molecule has 5 nitrogen and oxygen atoms in total. The van der Waals surface area contributed by atoms with Gasteiger partial charge in [-0.25, -0.2) is 4.98 Å². The molecule has 22 heavy (non-hydrogen) atoms. The first-order valence-electron chi connectivity index (χ1n) is 6.76. The van der Waals surface area contributed by atoms with Gasteiger partial charge in [0.2, 0.25) is 0 Å². The summed E-state index contributed by atoms with van der Waals surface area (Å²) in [6.07, 6.45) is 0. The van der Waals surface area contributed by atoms with E-state index in [1.54, 1.807) is 25.5 Å². The molecule has 120 valence electrons. The highest BCUT2D eigenvalue weighted by atomic mass is 127. The molecule has 0 radical (unpaired) electrons. The van der Waals surface area contributed by atoms with Gasteiger partial charge in [0.25, 0.3) is 0 Å². The Hall–Kier alpha value is -1.19. The number of benzene rings is 1. The number of methoxy groups -OCH3 is 1. The molecule has 0 amide bonds. The first kappa shape index (κ1) is 18.9. The maximum Gasteiger partial charge on any atom is 0.191 e. The number of thiazole rings is 1. The van der Waals surface area contributed by atoms with Crippen molar-refractivity contribution in [3.05, 3.63) is 41.4 Å². The second-order valence-corrected chi connectivity index (χ2v) is 5.21. The van der Waals surface area contributed by atoms with E-state index in [-0.39, 0.29) is 24.0 Å². The van der Waals surface area contributed by atoms with Crippen LogP contribution in [0.4, 0.5) is 0 Å². The number of rotatable bonds is 6. The molecule has 2 N–H and O–H groups in total. The summed E-state index contributed by atoms with van der Waals surface area (Å²) in [5, 5.41) is 9.51. The van der Waals surface area contributed by atoms with Gasteiger partial charge in [-0.2, -0.15) is 0 Å². The molecule has 1 heterocycles. The molecule has 2 rings (SSSR count). The molecule has 1 aromatic heterocycles. The molecule has 0 saturated heterocycles. The average molecular weight is 432 g/mol. The Kier molecular flexibility index (Phi) is 9.02. The van der Waals surface area contributed by atoms with Gasteiger partial charge in [0, 0.05) is 31.6 Å². The Bertz CT molecular complexity index is 574. The molecule has 0 aliphatic carbocycles. The minimum atomic E-state index is 0. The number of ether oxygens (including phenoxy) is 1. The Morgan fingerprint density at radius 1 is 1.27 bits per heavy atom. The zero-order valence-electron chi connectivity index (χ0n) is 12.7. The van der Waals surface area contributed by atoms with Gasteiger partial charge in [-0.3, -0.25) is 4.99 Å². The first-order chi connectivity index (χ1) is 10.3. The van der Waals surface area contributed by atoms with Gasteiger partial charge >= 0.3 is 0 Å². The van der Waals surface area contributed by atoms with Gasteiger partial charge in [-0.1, -0.05) is 30.3 Å². The Balaban J connectivity index is 0.00000242. The molecule has 0 atom stereocenters. The fourth-order valence-corrected chi connectivity index (χ4v) is 2.59. The van der Waals surface area contributed by atoms with E-state index in [0.29, 0.717) is 13.2 Å². The van der Waals surface area contributed by atoms with Crippen LogP contribution in [-0.4, -0.2) is 38.3 Å². The number of nitrogens with one attached hydrogen (secondary N) is 2. The molecule has 7 heteroatoms. The summed E-state index contributed by atoms with van der Waals surface area (Å²) < 4.78 is 5.00. The number of hydrogen-bond donors (Lipinski definition) is 2. The van der Waals surface area contributed by atoms with Gasteiger partial charge in [0.1, 0.15) is 5.01 Å². The van der Waals surface area contributed by atoms with Crippen molar-refractivity contribution >= 4 is 41.3 Å². The number of nitrogens with zero attached hydrogens (tertiary/aromatic N) is 2. The summed E-state index contributed by atoms with van der Waals surface area (Å²) in [5.74, 6) is 0.751. The molecule has 2 aromatic rings. The van der Waals surface area contributed by atoms with Crippen LogP contribution in [0.2, 0.25) is 0 Å². The standard InChI is InChI=1S/C15H20N4OS.HI/c1-16-15(17-8-9-20-2)18-10-13-11-21-14(19-13)12-6-4-3-5-7-12;/h3-7,11H,8-10H2,1-2H3,(H2,16,17,18);1H. The maximum atomic E-state index is 5.00. The van der Waals surface area contributed by atoms with Gasteiger partial charge in [0.15, 0.2) is 5.96 Å². The predicted octanol–water partition coefficient (Wildman–Crippen LogP) is 2.74. The van der Waals surface area contributed by atoms with Gasteiger partial charge in [-0.05, 0) is 0 Å². The van der Waals surface area contributed by atoms with Crippen LogP contribution in [0.1, 0.15) is 5.69 Å². The van der Waals surface area contributed by atoms with Crippen LogP contribution in [-0.2, 0) is 11.3 Å². The summed E-state index contributed by atoms with van der Waals surface area (Å²) in [6, 6.07) is 10.2. The third-order valence-corrected chi connectivity index (χ3v) is 3.77. The molecule has 0 spiro atoms. The third-order valence-electron chi connectivity index (χ3n) is 2.83. The normalized spacial score (nSPS) is 10.9. The summed E-state index contributed by atoms with van der Waals surface area (Å²) in [5.41, 5.74) is 2.16. The van der Waals surface area contributed by atoms with E-state index in [1.165, 1.54) is 0 Å². The molecule has 1 aromatic carbocycles. The quantitative estimate of drug-likeness (QED) is 0.319.